The van der Waals surface area contributed by atoms with Crippen LogP contribution < -0.4 is 27.1 Å². The summed E-state index contributed by atoms with van der Waals surface area (Å²) in [6.07, 6.45) is 2.14. The van der Waals surface area contributed by atoms with E-state index in [0.29, 0.717) is 59.1 Å². The first-order valence-corrected chi connectivity index (χ1v) is 35.8. The number of phenolic OH excluding ortho intramolecular Hbond substituents is 2. The summed E-state index contributed by atoms with van der Waals surface area (Å²) in [5, 5.41) is 19.4. The van der Waals surface area contributed by atoms with E-state index in [-0.39, 0.29) is 44.6 Å². The zero-order valence-electron chi connectivity index (χ0n) is 49.6. The monoisotopic (exact) mass is 1250 g/mol. The SMILES string of the molecule is C.C.C.CC(C)(c1ccc(O)cc1)c1ccc(OP(C)(=O)Oc2ccc(C(C)(C)c3ccc(OP(C)(=O)Oc4ccc(C(C)(C)c5ccc(O)cc5)cc4)cc3)cc2)cc1.CCP(=O)(CC)Oc1ccc(-c2ccc(OP(=O)(CC)CC)cc2)cc1. The van der Waals surface area contributed by atoms with Crippen LogP contribution >= 0.6 is 29.9 Å². The van der Waals surface area contributed by atoms with Crippen molar-refractivity contribution < 1.29 is 55.6 Å². The summed E-state index contributed by atoms with van der Waals surface area (Å²) in [7, 11) is -12.2. The van der Waals surface area contributed by atoms with Gasteiger partial charge in [-0.2, -0.15) is 0 Å². The van der Waals surface area contributed by atoms with E-state index in [1.165, 1.54) is 13.3 Å². The molecule has 0 amide bonds. The van der Waals surface area contributed by atoms with E-state index in [9.17, 15) is 28.5 Å². The van der Waals surface area contributed by atoms with Crippen molar-refractivity contribution in [2.75, 3.05) is 38.0 Å². The quantitative estimate of drug-likeness (QED) is 0.0584. The van der Waals surface area contributed by atoms with Crippen molar-refractivity contribution in [3.05, 3.63) is 228 Å². The molecule has 86 heavy (non-hydrogen) atoms. The minimum Gasteiger partial charge on any atom is -0.508 e. The van der Waals surface area contributed by atoms with Gasteiger partial charge in [0.25, 0.3) is 0 Å². The van der Waals surface area contributed by atoms with Crippen LogP contribution in [0.4, 0.5) is 0 Å². The fraction of sp³-hybridized carbons (Fsp3) is 0.314. The number of rotatable bonds is 23. The molecule has 0 radical (unpaired) electrons. The van der Waals surface area contributed by atoms with Gasteiger partial charge in [-0.15, -0.1) is 0 Å². The molecule has 16 heteroatoms. The van der Waals surface area contributed by atoms with Gasteiger partial charge in [-0.3, -0.25) is 9.13 Å². The summed E-state index contributed by atoms with van der Waals surface area (Å²) in [5.41, 5.74) is 7.20. The van der Waals surface area contributed by atoms with Crippen LogP contribution in [0.15, 0.2) is 194 Å². The molecule has 0 aliphatic heterocycles. The molecule has 0 spiro atoms. The average molecular weight is 1250 g/mol. The molecule has 0 aliphatic carbocycles. The highest BCUT2D eigenvalue weighted by atomic mass is 31.2. The van der Waals surface area contributed by atoms with Gasteiger partial charge in [-0.1, -0.05) is 189 Å². The van der Waals surface area contributed by atoms with E-state index in [1.54, 1.807) is 72.8 Å². The fourth-order valence-corrected chi connectivity index (χ4v) is 13.8. The predicted molar refractivity (Wildman–Crippen MR) is 359 cm³/mol. The van der Waals surface area contributed by atoms with Crippen molar-refractivity contribution in [3.8, 4) is 57.1 Å². The lowest BCUT2D eigenvalue weighted by Crippen LogP contribution is -2.18. The highest BCUT2D eigenvalue weighted by molar-refractivity contribution is 7.59. The third-order valence-electron chi connectivity index (χ3n) is 15.1. The van der Waals surface area contributed by atoms with Crippen LogP contribution in [-0.2, 0) is 34.5 Å². The first-order valence-electron chi connectivity index (χ1n) is 27.8. The van der Waals surface area contributed by atoms with Crippen LogP contribution in [0.5, 0.6) is 46.0 Å². The average Bonchev–Trinajstić information content (AvgIpc) is 1.24. The minimum absolute atomic E-state index is 0. The molecule has 0 aromatic heterocycles. The molecule has 0 bridgehead atoms. The molecule has 0 saturated heterocycles. The molecular formula is C70H90O12P4. The molecular weight excluding hydrogens is 1160 g/mol. The lowest BCUT2D eigenvalue weighted by Gasteiger charge is -2.27. The maximum atomic E-state index is 13.4. The summed E-state index contributed by atoms with van der Waals surface area (Å²) < 4.78 is 86.4. The van der Waals surface area contributed by atoms with Crippen molar-refractivity contribution in [3.63, 3.8) is 0 Å². The second-order valence-electron chi connectivity index (χ2n) is 22.1. The molecule has 12 nitrogen and oxygen atoms in total. The van der Waals surface area contributed by atoms with E-state index in [0.717, 1.165) is 44.5 Å². The Morgan fingerprint density at radius 2 is 0.453 bits per heavy atom. The predicted octanol–water partition coefficient (Wildman–Crippen LogP) is 21.3. The second kappa shape index (κ2) is 29.7. The standard InChI is InChI=1S/C47H50O8P2.C20H28O4P2.3CH4/c1-45(2,33-9-21-39(48)22-10-33)35-13-25-41(26-14-35)52-56(7,50)54-43-29-17-37(18-30-43)47(5,6)38-19-31-44(32-20-38)55-57(8,51)53-42-27-15-36(16-28-42)46(3,4)34-11-23-40(49)24-12-34;1-5-25(21,6-2)23-19-13-9-17(10-14-19)18-11-15-20(16-12-18)24-26(22,7-3)8-4;;;/h9-32,48-49H,1-8H3;9-16H,5-8H2,1-4H3;3*1H4. The smallest absolute Gasteiger partial charge is 0.427 e. The highest BCUT2D eigenvalue weighted by Crippen LogP contribution is 2.50. The number of phenols is 2. The largest absolute Gasteiger partial charge is 0.508 e. The molecule has 8 rings (SSSR count). The summed E-state index contributed by atoms with van der Waals surface area (Å²) in [6, 6.07) is 59.3. The summed E-state index contributed by atoms with van der Waals surface area (Å²) >= 11 is 0. The zero-order valence-corrected chi connectivity index (χ0v) is 53.1. The Bertz CT molecular complexity index is 3350. The lowest BCUT2D eigenvalue weighted by atomic mass is 9.78. The van der Waals surface area contributed by atoms with Crippen LogP contribution in [0.3, 0.4) is 0 Å². The lowest BCUT2D eigenvalue weighted by molar-refractivity contribution is 0.392. The summed E-state index contributed by atoms with van der Waals surface area (Å²) in [5.74, 6) is 3.41. The van der Waals surface area contributed by atoms with Gasteiger partial charge in [-0.25, -0.2) is 9.13 Å². The highest BCUT2D eigenvalue weighted by Gasteiger charge is 2.29. The van der Waals surface area contributed by atoms with Crippen LogP contribution in [0.2, 0.25) is 0 Å². The van der Waals surface area contributed by atoms with Gasteiger partial charge in [0.05, 0.1) is 13.3 Å². The Labute approximate surface area is 513 Å². The van der Waals surface area contributed by atoms with Gasteiger partial charge in [0.2, 0.25) is 14.7 Å². The van der Waals surface area contributed by atoms with E-state index >= 15 is 0 Å². The Hall–Kier alpha value is -6.92. The molecule has 0 fully saturated rings. The van der Waals surface area contributed by atoms with Crippen LogP contribution in [0.1, 0.15) is 125 Å². The molecule has 2 N–H and O–H groups in total. The zero-order chi connectivity index (χ0) is 60.4. The second-order valence-corrected chi connectivity index (χ2v) is 32.1. The van der Waals surface area contributed by atoms with E-state index in [4.69, 9.17) is 27.1 Å². The molecule has 8 aromatic carbocycles. The van der Waals surface area contributed by atoms with Gasteiger partial charge >= 0.3 is 15.2 Å². The van der Waals surface area contributed by atoms with Crippen molar-refractivity contribution in [1.82, 2.24) is 0 Å². The number of benzene rings is 8. The number of aromatic hydroxyl groups is 2. The normalized spacial score (nSPS) is 13.0. The maximum Gasteiger partial charge on any atom is 0.427 e. The number of hydrogen-bond donors (Lipinski definition) is 2. The Balaban J connectivity index is 0.000000461. The topological polar surface area (TPSA) is 164 Å². The van der Waals surface area contributed by atoms with E-state index < -0.39 is 35.3 Å². The van der Waals surface area contributed by atoms with Crippen LogP contribution in [0, 0.1) is 0 Å². The number of hydrogen-bond acceptors (Lipinski definition) is 12. The van der Waals surface area contributed by atoms with Crippen molar-refractivity contribution in [2.24, 2.45) is 0 Å². The van der Waals surface area contributed by atoms with Crippen molar-refractivity contribution >= 4 is 29.9 Å². The van der Waals surface area contributed by atoms with Crippen molar-refractivity contribution in [1.29, 1.82) is 0 Å². The Kier molecular flexibility index (Phi) is 24.7. The van der Waals surface area contributed by atoms with Crippen LogP contribution in [0.25, 0.3) is 11.1 Å². The molecule has 0 aliphatic rings. The van der Waals surface area contributed by atoms with Gasteiger partial charge in [-0.05, 0) is 142 Å². The third-order valence-corrected chi connectivity index (χ3v) is 22.2. The summed E-state index contributed by atoms with van der Waals surface area (Å²) in [6.45, 7) is 23.0. The third kappa shape index (κ3) is 18.6. The summed E-state index contributed by atoms with van der Waals surface area (Å²) in [4.78, 5) is 0. The van der Waals surface area contributed by atoms with Gasteiger partial charge in [0.15, 0.2) is 0 Å². The van der Waals surface area contributed by atoms with Gasteiger partial charge in [0.1, 0.15) is 46.0 Å². The van der Waals surface area contributed by atoms with Crippen LogP contribution in [-0.4, -0.2) is 48.2 Å². The molecule has 2 atom stereocenters. The molecule has 8 aromatic rings. The van der Waals surface area contributed by atoms with Gasteiger partial charge < -0.3 is 37.4 Å². The molecule has 2 unspecified atom stereocenters. The Morgan fingerprint density at radius 3 is 0.640 bits per heavy atom. The van der Waals surface area contributed by atoms with E-state index in [2.05, 4.69) is 41.5 Å². The maximum absolute atomic E-state index is 13.4. The molecule has 0 heterocycles. The van der Waals surface area contributed by atoms with E-state index in [1.807, 2.05) is 149 Å². The minimum atomic E-state index is -3.52. The van der Waals surface area contributed by atoms with Gasteiger partial charge in [0, 0.05) is 40.9 Å². The fourth-order valence-electron chi connectivity index (χ4n) is 9.30. The Morgan fingerprint density at radius 1 is 0.291 bits per heavy atom. The molecule has 462 valence electrons. The van der Waals surface area contributed by atoms with Crippen molar-refractivity contribution in [2.45, 2.75) is 108 Å². The first-order chi connectivity index (χ1) is 39.1. The molecule has 0 saturated carbocycles. The first kappa shape index (κ1) is 71.6.